The molecule has 0 atom stereocenters. The maximum absolute atomic E-state index is 11.6. The predicted octanol–water partition coefficient (Wildman–Crippen LogP) is 2.92. The van der Waals surface area contributed by atoms with Gasteiger partial charge in [-0.3, -0.25) is 0 Å². The molecule has 1 amide bonds. The van der Waals surface area contributed by atoms with Gasteiger partial charge in [0.05, 0.1) is 0 Å². The highest BCUT2D eigenvalue weighted by Gasteiger charge is 2.06. The Labute approximate surface area is 106 Å². The minimum atomic E-state index is -0.445. The number of aryl methyl sites for hydroxylation is 2. The largest absolute Gasteiger partial charge is 0.412 e. The second-order valence-corrected chi connectivity index (χ2v) is 4.16. The molecule has 0 saturated carbocycles. The highest BCUT2D eigenvalue weighted by molar-refractivity contribution is 5.70. The van der Waals surface area contributed by atoms with Gasteiger partial charge in [0.2, 0.25) is 0 Å². The molecule has 2 N–H and O–H groups in total. The molecule has 0 aliphatic carbocycles. The zero-order valence-electron chi connectivity index (χ0n) is 10.5. The smallest absolute Gasteiger partial charge is 0.410 e. The van der Waals surface area contributed by atoms with Crippen LogP contribution in [0.3, 0.4) is 0 Å². The van der Waals surface area contributed by atoms with Crippen LogP contribution in [0.4, 0.5) is 4.79 Å². The van der Waals surface area contributed by atoms with E-state index >= 15 is 0 Å². The van der Waals surface area contributed by atoms with Gasteiger partial charge in [0.25, 0.3) is 0 Å². The zero-order valence-corrected chi connectivity index (χ0v) is 10.5. The monoisotopic (exact) mass is 244 g/mol. The van der Waals surface area contributed by atoms with E-state index in [1.165, 1.54) is 0 Å². The van der Waals surface area contributed by atoms with Crippen LogP contribution in [0, 0.1) is 13.8 Å². The fourth-order valence-corrected chi connectivity index (χ4v) is 1.76. The third-order valence-electron chi connectivity index (χ3n) is 2.63. The van der Waals surface area contributed by atoms with Gasteiger partial charge in [0.15, 0.2) is 0 Å². The zero-order chi connectivity index (χ0) is 13.0. The third kappa shape index (κ3) is 3.13. The fraction of sp³-hybridized carbons (Fsp3) is 0.214. The van der Waals surface area contributed by atoms with Crippen LogP contribution in [0.1, 0.15) is 17.0 Å². The Morgan fingerprint density at radius 2 is 2.00 bits per heavy atom. The summed E-state index contributed by atoms with van der Waals surface area (Å²) in [4.78, 5) is 14.7. The van der Waals surface area contributed by atoms with E-state index in [9.17, 15) is 4.79 Å². The van der Waals surface area contributed by atoms with Gasteiger partial charge in [0.1, 0.15) is 5.75 Å². The molecule has 0 radical (unpaired) electrons. The van der Waals surface area contributed by atoms with E-state index in [0.29, 0.717) is 12.3 Å². The minimum absolute atomic E-state index is 0.445. The Hall–Kier alpha value is -2.23. The summed E-state index contributed by atoms with van der Waals surface area (Å²) < 4.78 is 5.12. The molecule has 0 unspecified atom stereocenters. The SMILES string of the molecule is Cc1cc(CNC(=O)Oc2ccccc2)c(C)[nH]1. The summed E-state index contributed by atoms with van der Waals surface area (Å²) in [5.41, 5.74) is 3.21. The number of aromatic amines is 1. The van der Waals surface area contributed by atoms with Crippen molar-refractivity contribution < 1.29 is 9.53 Å². The van der Waals surface area contributed by atoms with E-state index in [1.54, 1.807) is 12.1 Å². The van der Waals surface area contributed by atoms with Gasteiger partial charge in [0, 0.05) is 17.9 Å². The van der Waals surface area contributed by atoms with Crippen molar-refractivity contribution in [3.63, 3.8) is 0 Å². The normalized spacial score (nSPS) is 10.1. The first kappa shape index (κ1) is 12.2. The summed E-state index contributed by atoms with van der Waals surface area (Å²) >= 11 is 0. The number of ether oxygens (including phenoxy) is 1. The topological polar surface area (TPSA) is 54.1 Å². The number of rotatable bonds is 3. The first-order chi connectivity index (χ1) is 8.65. The average molecular weight is 244 g/mol. The van der Waals surface area contributed by atoms with Crippen LogP contribution in [0.25, 0.3) is 0 Å². The van der Waals surface area contributed by atoms with Gasteiger partial charge in [-0.05, 0) is 37.6 Å². The van der Waals surface area contributed by atoms with Gasteiger partial charge in [-0.15, -0.1) is 0 Å². The number of hydrogen-bond donors (Lipinski definition) is 2. The maximum Gasteiger partial charge on any atom is 0.412 e. The molecule has 0 saturated heterocycles. The van der Waals surface area contributed by atoms with Crippen LogP contribution in [-0.2, 0) is 6.54 Å². The van der Waals surface area contributed by atoms with Crippen molar-refractivity contribution in [1.82, 2.24) is 10.3 Å². The summed E-state index contributed by atoms with van der Waals surface area (Å²) in [5.74, 6) is 0.539. The molecule has 4 nitrogen and oxygen atoms in total. The highest BCUT2D eigenvalue weighted by atomic mass is 16.5. The van der Waals surface area contributed by atoms with Crippen LogP contribution in [0.15, 0.2) is 36.4 Å². The third-order valence-corrected chi connectivity index (χ3v) is 2.63. The predicted molar refractivity (Wildman–Crippen MR) is 69.6 cm³/mol. The lowest BCUT2D eigenvalue weighted by molar-refractivity contribution is 0.200. The van der Waals surface area contributed by atoms with Crippen molar-refractivity contribution in [3.05, 3.63) is 53.3 Å². The lowest BCUT2D eigenvalue weighted by Gasteiger charge is -2.06. The van der Waals surface area contributed by atoms with Crippen LogP contribution in [0.5, 0.6) is 5.75 Å². The van der Waals surface area contributed by atoms with E-state index in [2.05, 4.69) is 10.3 Å². The molecule has 0 bridgehead atoms. The Bertz CT molecular complexity index is 532. The highest BCUT2D eigenvalue weighted by Crippen LogP contribution is 2.10. The number of aromatic nitrogens is 1. The van der Waals surface area contributed by atoms with Gasteiger partial charge < -0.3 is 15.0 Å². The standard InChI is InChI=1S/C14H16N2O2/c1-10-8-12(11(2)16-10)9-15-14(17)18-13-6-4-3-5-7-13/h3-8,16H,9H2,1-2H3,(H,15,17). The average Bonchev–Trinajstić information content (AvgIpc) is 2.66. The Kier molecular flexibility index (Phi) is 3.67. The number of nitrogens with one attached hydrogen (secondary N) is 2. The molecule has 94 valence electrons. The number of carbonyl (C=O) groups excluding carboxylic acids is 1. The van der Waals surface area contributed by atoms with Gasteiger partial charge in [-0.1, -0.05) is 18.2 Å². The maximum atomic E-state index is 11.6. The molecule has 2 aromatic rings. The Morgan fingerprint density at radius 3 is 2.61 bits per heavy atom. The molecule has 2 rings (SSSR count). The molecule has 4 heteroatoms. The summed E-state index contributed by atoms with van der Waals surface area (Å²) in [6.07, 6.45) is -0.445. The number of carbonyl (C=O) groups is 1. The van der Waals surface area contributed by atoms with Crippen LogP contribution in [-0.4, -0.2) is 11.1 Å². The molecule has 1 aromatic carbocycles. The number of H-pyrrole nitrogens is 1. The van der Waals surface area contributed by atoms with Crippen molar-refractivity contribution in [2.75, 3.05) is 0 Å². The summed E-state index contributed by atoms with van der Waals surface area (Å²) in [7, 11) is 0. The van der Waals surface area contributed by atoms with E-state index in [-0.39, 0.29) is 0 Å². The van der Waals surface area contributed by atoms with E-state index in [0.717, 1.165) is 17.0 Å². The van der Waals surface area contributed by atoms with Gasteiger partial charge in [-0.25, -0.2) is 4.79 Å². The van der Waals surface area contributed by atoms with E-state index < -0.39 is 6.09 Å². The van der Waals surface area contributed by atoms with Crippen molar-refractivity contribution in [2.24, 2.45) is 0 Å². The molecule has 0 aliphatic heterocycles. The lowest BCUT2D eigenvalue weighted by Crippen LogP contribution is -2.26. The summed E-state index contributed by atoms with van der Waals surface area (Å²) in [6.45, 7) is 4.42. The molecule has 1 heterocycles. The fourth-order valence-electron chi connectivity index (χ4n) is 1.76. The van der Waals surface area contributed by atoms with Crippen molar-refractivity contribution >= 4 is 6.09 Å². The molecule has 1 aromatic heterocycles. The quantitative estimate of drug-likeness (QED) is 0.872. The molecular formula is C14H16N2O2. The summed E-state index contributed by atoms with van der Waals surface area (Å²) in [5, 5.41) is 2.72. The van der Waals surface area contributed by atoms with E-state index in [4.69, 9.17) is 4.74 Å². The molecule has 0 aliphatic rings. The van der Waals surface area contributed by atoms with Crippen LogP contribution >= 0.6 is 0 Å². The second-order valence-electron chi connectivity index (χ2n) is 4.16. The Balaban J connectivity index is 1.87. The van der Waals surface area contributed by atoms with Crippen molar-refractivity contribution in [3.8, 4) is 5.75 Å². The van der Waals surface area contributed by atoms with Gasteiger partial charge >= 0.3 is 6.09 Å². The second kappa shape index (κ2) is 5.40. The van der Waals surface area contributed by atoms with Crippen LogP contribution in [0.2, 0.25) is 0 Å². The lowest BCUT2D eigenvalue weighted by atomic mass is 10.2. The number of hydrogen-bond acceptors (Lipinski definition) is 2. The molecule has 0 fully saturated rings. The number of amides is 1. The van der Waals surface area contributed by atoms with E-state index in [1.807, 2.05) is 38.1 Å². The molecule has 18 heavy (non-hydrogen) atoms. The van der Waals surface area contributed by atoms with Gasteiger partial charge in [-0.2, -0.15) is 0 Å². The van der Waals surface area contributed by atoms with Crippen LogP contribution < -0.4 is 10.1 Å². The number of para-hydroxylation sites is 1. The molecule has 0 spiro atoms. The minimum Gasteiger partial charge on any atom is -0.410 e. The van der Waals surface area contributed by atoms with Crippen molar-refractivity contribution in [1.29, 1.82) is 0 Å². The van der Waals surface area contributed by atoms with Crippen molar-refractivity contribution in [2.45, 2.75) is 20.4 Å². The summed E-state index contributed by atoms with van der Waals surface area (Å²) in [6, 6.07) is 11.0. The number of benzene rings is 1. The Morgan fingerprint density at radius 1 is 1.28 bits per heavy atom. The first-order valence-corrected chi connectivity index (χ1v) is 5.81. The first-order valence-electron chi connectivity index (χ1n) is 5.81. The molecular weight excluding hydrogens is 228 g/mol.